The highest BCUT2D eigenvalue weighted by Crippen LogP contribution is 2.25. The second-order valence-corrected chi connectivity index (χ2v) is 5.51. The summed E-state index contributed by atoms with van der Waals surface area (Å²) in [5.41, 5.74) is 7.60. The topological polar surface area (TPSA) is 49.6 Å². The molecule has 4 heteroatoms. The van der Waals surface area contributed by atoms with Crippen LogP contribution in [0.15, 0.2) is 24.3 Å². The summed E-state index contributed by atoms with van der Waals surface area (Å²) in [7, 11) is 3.95. The molecule has 0 radical (unpaired) electrons. The average Bonchev–Trinajstić information content (AvgIpc) is 2.79. The summed E-state index contributed by atoms with van der Waals surface area (Å²) in [6, 6.07) is 7.93. The van der Waals surface area contributed by atoms with Gasteiger partial charge in [0.05, 0.1) is 0 Å². The Morgan fingerprint density at radius 3 is 2.84 bits per heavy atom. The summed E-state index contributed by atoms with van der Waals surface area (Å²) in [4.78, 5) is 16.5. The first kappa shape index (κ1) is 13.9. The third kappa shape index (κ3) is 2.73. The number of nitrogens with two attached hydrogens (primary N) is 1. The molecule has 0 bridgehead atoms. The molecule has 4 nitrogen and oxygen atoms in total. The second kappa shape index (κ2) is 5.61. The predicted octanol–water partition coefficient (Wildman–Crippen LogP) is 1.56. The molecule has 2 N–H and O–H groups in total. The van der Waals surface area contributed by atoms with Gasteiger partial charge in [-0.15, -0.1) is 0 Å². The molecule has 0 spiro atoms. The van der Waals surface area contributed by atoms with Crippen LogP contribution < -0.4 is 10.6 Å². The summed E-state index contributed by atoms with van der Waals surface area (Å²) < 4.78 is 0. The molecule has 1 aliphatic heterocycles. The summed E-state index contributed by atoms with van der Waals surface area (Å²) >= 11 is 0. The van der Waals surface area contributed by atoms with Crippen molar-refractivity contribution in [3.05, 3.63) is 29.8 Å². The van der Waals surface area contributed by atoms with Gasteiger partial charge in [-0.1, -0.05) is 13.0 Å². The highest BCUT2D eigenvalue weighted by molar-refractivity contribution is 5.95. The number of hydrogen-bond acceptors (Lipinski definition) is 3. The summed E-state index contributed by atoms with van der Waals surface area (Å²) in [6.45, 7) is 3.52. The molecule has 1 saturated heterocycles. The van der Waals surface area contributed by atoms with Gasteiger partial charge >= 0.3 is 0 Å². The Bertz CT molecular complexity index is 458. The zero-order valence-corrected chi connectivity index (χ0v) is 12.0. The maximum atomic E-state index is 12.6. The summed E-state index contributed by atoms with van der Waals surface area (Å²) in [5.74, 6) is 0.592. The van der Waals surface area contributed by atoms with Gasteiger partial charge in [0.25, 0.3) is 5.91 Å². The van der Waals surface area contributed by atoms with Gasteiger partial charge in [-0.3, -0.25) is 4.79 Å². The third-order valence-corrected chi connectivity index (χ3v) is 3.99. The maximum Gasteiger partial charge on any atom is 0.254 e. The molecular formula is C15H23N3O. The van der Waals surface area contributed by atoms with E-state index in [-0.39, 0.29) is 11.9 Å². The van der Waals surface area contributed by atoms with Crippen molar-refractivity contribution in [1.82, 2.24) is 4.90 Å². The SMILES string of the molecule is CC1CCN(C(=O)c2cccc(N(C)C)c2)C1CN. The minimum atomic E-state index is 0.100. The van der Waals surface area contributed by atoms with Gasteiger partial charge in [0.15, 0.2) is 0 Å². The van der Waals surface area contributed by atoms with Crippen molar-refractivity contribution in [2.75, 3.05) is 32.1 Å². The molecule has 2 unspecified atom stereocenters. The molecule has 19 heavy (non-hydrogen) atoms. The van der Waals surface area contributed by atoms with Crippen molar-refractivity contribution in [1.29, 1.82) is 0 Å². The van der Waals surface area contributed by atoms with Crippen molar-refractivity contribution in [3.63, 3.8) is 0 Å². The zero-order chi connectivity index (χ0) is 14.0. The van der Waals surface area contributed by atoms with E-state index in [0.717, 1.165) is 24.2 Å². The molecule has 0 saturated carbocycles. The minimum absolute atomic E-state index is 0.100. The summed E-state index contributed by atoms with van der Waals surface area (Å²) in [6.07, 6.45) is 1.04. The molecule has 1 fully saturated rings. The number of likely N-dealkylation sites (tertiary alicyclic amines) is 1. The van der Waals surface area contributed by atoms with Gasteiger partial charge in [0.2, 0.25) is 0 Å². The molecule has 0 aromatic heterocycles. The lowest BCUT2D eigenvalue weighted by Crippen LogP contribution is -2.42. The Morgan fingerprint density at radius 2 is 2.21 bits per heavy atom. The van der Waals surface area contributed by atoms with Crippen molar-refractivity contribution >= 4 is 11.6 Å². The van der Waals surface area contributed by atoms with Gasteiger partial charge in [0, 0.05) is 44.5 Å². The van der Waals surface area contributed by atoms with Crippen LogP contribution in [0, 0.1) is 5.92 Å². The van der Waals surface area contributed by atoms with Crippen LogP contribution in [0.2, 0.25) is 0 Å². The molecule has 2 rings (SSSR count). The number of carbonyl (C=O) groups excluding carboxylic acids is 1. The average molecular weight is 261 g/mol. The standard InChI is InChI=1S/C15H23N3O/c1-11-7-8-18(14(11)10-16)15(19)12-5-4-6-13(9-12)17(2)3/h4-6,9,11,14H,7-8,10,16H2,1-3H3. The van der Waals surface area contributed by atoms with Gasteiger partial charge in [0.1, 0.15) is 0 Å². The van der Waals surface area contributed by atoms with Crippen molar-refractivity contribution in [2.45, 2.75) is 19.4 Å². The molecule has 104 valence electrons. The fraction of sp³-hybridized carbons (Fsp3) is 0.533. The monoisotopic (exact) mass is 261 g/mol. The van der Waals surface area contributed by atoms with E-state index in [9.17, 15) is 4.79 Å². The van der Waals surface area contributed by atoms with Gasteiger partial charge < -0.3 is 15.5 Å². The van der Waals surface area contributed by atoms with Crippen LogP contribution in [0.4, 0.5) is 5.69 Å². The fourth-order valence-electron chi connectivity index (χ4n) is 2.70. The molecule has 1 heterocycles. The van der Waals surface area contributed by atoms with E-state index >= 15 is 0 Å². The first-order valence-electron chi connectivity index (χ1n) is 6.83. The number of nitrogens with zero attached hydrogens (tertiary/aromatic N) is 2. The normalized spacial score (nSPS) is 22.6. The number of hydrogen-bond donors (Lipinski definition) is 1. The van der Waals surface area contributed by atoms with Crippen LogP contribution in [0.1, 0.15) is 23.7 Å². The first-order valence-corrected chi connectivity index (χ1v) is 6.83. The Labute approximate surface area is 115 Å². The van der Waals surface area contributed by atoms with Crippen LogP contribution in [0.3, 0.4) is 0 Å². The maximum absolute atomic E-state index is 12.6. The van der Waals surface area contributed by atoms with E-state index in [4.69, 9.17) is 5.73 Å². The fourth-order valence-corrected chi connectivity index (χ4v) is 2.70. The first-order chi connectivity index (χ1) is 9.04. The predicted molar refractivity (Wildman–Crippen MR) is 78.4 cm³/mol. The van der Waals surface area contributed by atoms with E-state index in [1.54, 1.807) is 0 Å². The zero-order valence-electron chi connectivity index (χ0n) is 12.0. The van der Waals surface area contributed by atoms with E-state index in [2.05, 4.69) is 6.92 Å². The van der Waals surface area contributed by atoms with Crippen molar-refractivity contribution < 1.29 is 4.79 Å². The van der Waals surface area contributed by atoms with Crippen LogP contribution in [-0.4, -0.2) is 44.0 Å². The van der Waals surface area contributed by atoms with Crippen LogP contribution >= 0.6 is 0 Å². The molecule has 1 amide bonds. The number of anilines is 1. The number of benzene rings is 1. The molecule has 1 aliphatic rings. The quantitative estimate of drug-likeness (QED) is 0.898. The highest BCUT2D eigenvalue weighted by atomic mass is 16.2. The second-order valence-electron chi connectivity index (χ2n) is 5.51. The van der Waals surface area contributed by atoms with Gasteiger partial charge in [-0.2, -0.15) is 0 Å². The van der Waals surface area contributed by atoms with Crippen LogP contribution in [0.5, 0.6) is 0 Å². The number of carbonyl (C=O) groups is 1. The molecule has 1 aromatic rings. The van der Waals surface area contributed by atoms with Crippen molar-refractivity contribution in [2.24, 2.45) is 11.7 Å². The molecular weight excluding hydrogens is 238 g/mol. The number of rotatable bonds is 3. The van der Waals surface area contributed by atoms with E-state index in [1.807, 2.05) is 48.2 Å². The Hall–Kier alpha value is -1.55. The largest absolute Gasteiger partial charge is 0.378 e. The smallest absolute Gasteiger partial charge is 0.254 e. The molecule has 1 aromatic carbocycles. The highest BCUT2D eigenvalue weighted by Gasteiger charge is 2.33. The number of amides is 1. The van der Waals surface area contributed by atoms with E-state index < -0.39 is 0 Å². The molecule has 2 atom stereocenters. The third-order valence-electron chi connectivity index (χ3n) is 3.99. The van der Waals surface area contributed by atoms with E-state index in [1.165, 1.54) is 0 Å². The lowest BCUT2D eigenvalue weighted by molar-refractivity contribution is 0.0727. The lowest BCUT2D eigenvalue weighted by Gasteiger charge is -2.26. The Morgan fingerprint density at radius 1 is 1.47 bits per heavy atom. The Balaban J connectivity index is 2.22. The van der Waals surface area contributed by atoms with Gasteiger partial charge in [-0.05, 0) is 30.5 Å². The lowest BCUT2D eigenvalue weighted by atomic mass is 10.0. The summed E-state index contributed by atoms with van der Waals surface area (Å²) in [5, 5.41) is 0. The van der Waals surface area contributed by atoms with Crippen molar-refractivity contribution in [3.8, 4) is 0 Å². The minimum Gasteiger partial charge on any atom is -0.378 e. The molecule has 0 aliphatic carbocycles. The van der Waals surface area contributed by atoms with E-state index in [0.29, 0.717) is 12.5 Å². The van der Waals surface area contributed by atoms with Crippen LogP contribution in [-0.2, 0) is 0 Å². The van der Waals surface area contributed by atoms with Crippen LogP contribution in [0.25, 0.3) is 0 Å². The Kier molecular flexibility index (Phi) is 4.10. The van der Waals surface area contributed by atoms with Gasteiger partial charge in [-0.25, -0.2) is 0 Å².